The molecule has 0 amide bonds. The zero-order chi connectivity index (χ0) is 4.28. The first kappa shape index (κ1) is 9.53. The van der Waals surface area contributed by atoms with Crippen molar-refractivity contribution in [2.45, 2.75) is 13.3 Å². The first-order valence-electron chi connectivity index (χ1n) is 1.49. The van der Waals surface area contributed by atoms with E-state index in [2.05, 4.69) is 0 Å². The van der Waals surface area contributed by atoms with E-state index in [-0.39, 0.29) is 29.5 Å². The van der Waals surface area contributed by atoms with Crippen LogP contribution < -0.4 is 0 Å². The highest BCUT2D eigenvalue weighted by molar-refractivity contribution is 5.75. The summed E-state index contributed by atoms with van der Waals surface area (Å²) in [6, 6.07) is 0. The highest BCUT2D eigenvalue weighted by Gasteiger charge is 1.80. The number of carboxylic acid groups (broad SMARTS) is 1. The van der Waals surface area contributed by atoms with Crippen LogP contribution in [0.25, 0.3) is 0 Å². The number of carboxylic acids is 1. The van der Waals surface area contributed by atoms with Crippen molar-refractivity contribution in [2.24, 2.45) is 0 Å². The predicted octanol–water partition coefficient (Wildman–Crippen LogP) is 0.100. The van der Waals surface area contributed by atoms with Gasteiger partial charge in [-0.15, -0.1) is 0 Å². The van der Waals surface area contributed by atoms with Gasteiger partial charge in [0.1, 0.15) is 0 Å². The molecule has 0 aromatic heterocycles. The molecular formula is C3H6MgO2. The Hall–Kier alpha value is 0.236. The van der Waals surface area contributed by atoms with Gasteiger partial charge in [0.25, 0.3) is 0 Å². The average molecular weight is 98.4 g/mol. The average Bonchev–Trinajstić information content (AvgIpc) is 1.38. The second-order valence-electron chi connectivity index (χ2n) is 0.747. The highest BCUT2D eigenvalue weighted by Crippen LogP contribution is 1.67. The molecule has 1 N–H and O–H groups in total. The van der Waals surface area contributed by atoms with Gasteiger partial charge in [-0.05, 0) is 0 Å². The van der Waals surface area contributed by atoms with Crippen LogP contribution >= 0.6 is 0 Å². The standard InChI is InChI=1S/C3H6O2.Mg/c1-2-3(4)5;/h2H2,1H3,(H,4,5);. The topological polar surface area (TPSA) is 37.3 Å². The Kier molecular flexibility index (Phi) is 8.32. The molecule has 0 saturated heterocycles. The molecule has 0 heterocycles. The minimum atomic E-state index is -0.745. The van der Waals surface area contributed by atoms with E-state index < -0.39 is 5.97 Å². The molecule has 3 heteroatoms. The first-order chi connectivity index (χ1) is 2.27. The molecule has 0 bridgehead atoms. The van der Waals surface area contributed by atoms with Gasteiger partial charge >= 0.3 is 5.97 Å². The van der Waals surface area contributed by atoms with Crippen LogP contribution in [0.2, 0.25) is 0 Å². The number of carbonyl (C=O) groups is 1. The monoisotopic (exact) mass is 98.0 g/mol. The molecule has 0 aliphatic carbocycles. The van der Waals surface area contributed by atoms with E-state index in [1.165, 1.54) is 0 Å². The fraction of sp³-hybridized carbons (Fsp3) is 0.667. The van der Waals surface area contributed by atoms with E-state index >= 15 is 0 Å². The van der Waals surface area contributed by atoms with Crippen molar-refractivity contribution in [1.82, 2.24) is 0 Å². The zero-order valence-electron chi connectivity index (χ0n) is 3.77. The van der Waals surface area contributed by atoms with Gasteiger partial charge in [-0.25, -0.2) is 0 Å². The number of rotatable bonds is 1. The minimum Gasteiger partial charge on any atom is -0.481 e. The molecule has 0 spiro atoms. The van der Waals surface area contributed by atoms with Crippen LogP contribution in [0.3, 0.4) is 0 Å². The molecule has 0 rings (SSSR count). The van der Waals surface area contributed by atoms with Gasteiger partial charge in [0.2, 0.25) is 0 Å². The molecule has 0 atom stereocenters. The van der Waals surface area contributed by atoms with Crippen LogP contribution in [-0.2, 0) is 4.79 Å². The van der Waals surface area contributed by atoms with Gasteiger partial charge in [-0.3, -0.25) is 4.79 Å². The molecule has 6 heavy (non-hydrogen) atoms. The Morgan fingerprint density at radius 2 is 2.00 bits per heavy atom. The van der Waals surface area contributed by atoms with Crippen LogP contribution in [-0.4, -0.2) is 34.1 Å². The predicted molar refractivity (Wildman–Crippen MR) is 23.7 cm³/mol. The number of hydrogen-bond donors (Lipinski definition) is 1. The van der Waals surface area contributed by atoms with Crippen molar-refractivity contribution in [2.75, 3.05) is 0 Å². The van der Waals surface area contributed by atoms with Crippen molar-refractivity contribution in [3.8, 4) is 0 Å². The van der Waals surface area contributed by atoms with E-state index in [1.54, 1.807) is 6.92 Å². The molecule has 2 nitrogen and oxygen atoms in total. The fourth-order valence-electron chi connectivity index (χ4n) is 0. The van der Waals surface area contributed by atoms with Crippen molar-refractivity contribution < 1.29 is 9.90 Å². The maximum absolute atomic E-state index is 9.37. The van der Waals surface area contributed by atoms with Gasteiger partial charge in [-0.2, -0.15) is 0 Å². The summed E-state index contributed by atoms with van der Waals surface area (Å²) < 4.78 is 0. The lowest BCUT2D eigenvalue weighted by Crippen LogP contribution is -1.86. The fourth-order valence-corrected chi connectivity index (χ4v) is 0. The summed E-state index contributed by atoms with van der Waals surface area (Å²) in [5, 5.41) is 7.72. The Morgan fingerprint density at radius 1 is 1.83 bits per heavy atom. The summed E-state index contributed by atoms with van der Waals surface area (Å²) in [4.78, 5) is 9.37. The van der Waals surface area contributed by atoms with Crippen LogP contribution in [0.5, 0.6) is 0 Å². The Labute approximate surface area is 52.7 Å². The quantitative estimate of drug-likeness (QED) is 0.472. The summed E-state index contributed by atoms with van der Waals surface area (Å²) in [6.45, 7) is 1.60. The smallest absolute Gasteiger partial charge is 0.303 e. The Morgan fingerprint density at radius 3 is 2.00 bits per heavy atom. The van der Waals surface area contributed by atoms with E-state index in [0.717, 1.165) is 0 Å². The second-order valence-corrected chi connectivity index (χ2v) is 0.747. The Balaban J connectivity index is 0. The third-order valence-corrected chi connectivity index (χ3v) is 0.302. The molecule has 0 unspecified atom stereocenters. The third-order valence-electron chi connectivity index (χ3n) is 0.302. The molecule has 0 aromatic rings. The molecule has 32 valence electrons. The molecule has 0 saturated carbocycles. The van der Waals surface area contributed by atoms with Crippen LogP contribution in [0.1, 0.15) is 13.3 Å². The van der Waals surface area contributed by atoms with E-state index in [4.69, 9.17) is 5.11 Å². The van der Waals surface area contributed by atoms with Crippen LogP contribution in [0.15, 0.2) is 0 Å². The van der Waals surface area contributed by atoms with E-state index in [9.17, 15) is 4.79 Å². The van der Waals surface area contributed by atoms with Crippen LogP contribution in [0, 0.1) is 0 Å². The summed E-state index contributed by atoms with van der Waals surface area (Å²) in [5.41, 5.74) is 0. The molecule has 0 aliphatic heterocycles. The third kappa shape index (κ3) is 8.87. The van der Waals surface area contributed by atoms with E-state index in [0.29, 0.717) is 0 Å². The van der Waals surface area contributed by atoms with Gasteiger partial charge in [0.15, 0.2) is 0 Å². The molecule has 0 aliphatic rings. The summed E-state index contributed by atoms with van der Waals surface area (Å²) in [7, 11) is 0. The first-order valence-corrected chi connectivity index (χ1v) is 1.49. The lowest BCUT2D eigenvalue weighted by atomic mass is 10.5. The number of aliphatic carboxylic acids is 1. The van der Waals surface area contributed by atoms with Crippen molar-refractivity contribution in [3.05, 3.63) is 0 Å². The molecular weight excluding hydrogens is 92.3 g/mol. The number of hydrogen-bond acceptors (Lipinski definition) is 1. The lowest BCUT2D eigenvalue weighted by Gasteiger charge is -1.71. The summed E-state index contributed by atoms with van der Waals surface area (Å²) in [5.74, 6) is -0.745. The summed E-state index contributed by atoms with van der Waals surface area (Å²) in [6.07, 6.45) is 0.222. The largest absolute Gasteiger partial charge is 0.481 e. The maximum Gasteiger partial charge on any atom is 0.303 e. The van der Waals surface area contributed by atoms with Gasteiger partial charge in [0, 0.05) is 29.5 Å². The SMILES string of the molecule is CCC(=O)O.[Mg]. The second kappa shape index (κ2) is 5.24. The normalized spacial score (nSPS) is 6.17. The van der Waals surface area contributed by atoms with Crippen molar-refractivity contribution in [1.29, 1.82) is 0 Å². The maximum atomic E-state index is 9.37. The van der Waals surface area contributed by atoms with Gasteiger partial charge in [0.05, 0.1) is 0 Å². The summed E-state index contributed by atoms with van der Waals surface area (Å²) >= 11 is 0. The molecule has 2 radical (unpaired) electrons. The minimum absolute atomic E-state index is 0. The molecule has 0 fully saturated rings. The van der Waals surface area contributed by atoms with Crippen molar-refractivity contribution in [3.63, 3.8) is 0 Å². The van der Waals surface area contributed by atoms with E-state index in [1.807, 2.05) is 0 Å². The lowest BCUT2D eigenvalue weighted by molar-refractivity contribution is -0.136. The van der Waals surface area contributed by atoms with Gasteiger partial charge < -0.3 is 5.11 Å². The van der Waals surface area contributed by atoms with Gasteiger partial charge in [-0.1, -0.05) is 6.92 Å². The highest BCUT2D eigenvalue weighted by atomic mass is 24.3. The zero-order valence-corrected chi connectivity index (χ0v) is 5.18. The van der Waals surface area contributed by atoms with Crippen LogP contribution in [0.4, 0.5) is 0 Å². The van der Waals surface area contributed by atoms with Crippen molar-refractivity contribution >= 4 is 29.0 Å². The molecule has 0 aromatic carbocycles. The Bertz CT molecular complexity index is 44.1.